The highest BCUT2D eigenvalue weighted by Crippen LogP contribution is 2.29. The van der Waals surface area contributed by atoms with Crippen LogP contribution < -0.4 is 0 Å². The molecule has 8 heteroatoms. The number of aryl methyl sites for hydroxylation is 3. The lowest BCUT2D eigenvalue weighted by atomic mass is 9.99. The van der Waals surface area contributed by atoms with Gasteiger partial charge in [0, 0.05) is 31.1 Å². The Hall–Kier alpha value is -2.84. The fraction of sp³-hybridized carbons (Fsp3) is 0.348. The molecule has 0 aliphatic heterocycles. The first-order chi connectivity index (χ1) is 14.8. The van der Waals surface area contributed by atoms with E-state index in [0.717, 1.165) is 48.5 Å². The second kappa shape index (κ2) is 8.36. The van der Waals surface area contributed by atoms with Gasteiger partial charge in [0.05, 0.1) is 11.4 Å². The van der Waals surface area contributed by atoms with Crippen molar-refractivity contribution < 1.29 is 17.8 Å². The van der Waals surface area contributed by atoms with Gasteiger partial charge in [0.25, 0.3) is 10.1 Å². The predicted octanol–water partition coefficient (Wildman–Crippen LogP) is 4.02. The molecule has 1 aromatic carbocycles. The molecule has 162 valence electrons. The number of benzene rings is 1. The standard InChI is InChI=1S/C23H25N3O4S/c1-3-5-20-25-18-6-4-7-19(27)22(18)26(20)14-16-8-10-17(11-9-16)21-23(31(28,29)30)15(2)12-13-24-21/h8-13H,3-7,14H2,1-2H3,(H,28,29,30). The van der Waals surface area contributed by atoms with Gasteiger partial charge < -0.3 is 4.57 Å². The molecule has 0 amide bonds. The molecule has 0 unspecified atom stereocenters. The van der Waals surface area contributed by atoms with Crippen LogP contribution in [0.25, 0.3) is 11.3 Å². The molecule has 7 nitrogen and oxygen atoms in total. The Morgan fingerprint density at radius 1 is 1.13 bits per heavy atom. The Morgan fingerprint density at radius 2 is 1.87 bits per heavy atom. The Morgan fingerprint density at radius 3 is 2.55 bits per heavy atom. The molecule has 0 saturated heterocycles. The Bertz CT molecular complexity index is 1240. The van der Waals surface area contributed by atoms with Crippen LogP contribution in [0.1, 0.15) is 59.3 Å². The second-order valence-electron chi connectivity index (χ2n) is 7.91. The average molecular weight is 440 g/mol. The molecule has 3 aromatic rings. The van der Waals surface area contributed by atoms with Crippen LogP contribution in [-0.2, 0) is 29.5 Å². The molecule has 0 spiro atoms. The molecule has 0 bridgehead atoms. The van der Waals surface area contributed by atoms with Crippen molar-refractivity contribution in [1.29, 1.82) is 0 Å². The number of fused-ring (bicyclic) bond motifs is 1. The van der Waals surface area contributed by atoms with E-state index in [4.69, 9.17) is 4.98 Å². The van der Waals surface area contributed by atoms with Gasteiger partial charge in [-0.2, -0.15) is 8.42 Å². The fourth-order valence-corrected chi connectivity index (χ4v) is 5.08. The van der Waals surface area contributed by atoms with Crippen LogP contribution in [0.5, 0.6) is 0 Å². The largest absolute Gasteiger partial charge is 0.321 e. The summed E-state index contributed by atoms with van der Waals surface area (Å²) in [5.41, 5.74) is 3.85. The number of pyridine rings is 1. The first-order valence-electron chi connectivity index (χ1n) is 10.4. The van der Waals surface area contributed by atoms with Gasteiger partial charge in [0.2, 0.25) is 0 Å². The average Bonchev–Trinajstić information content (AvgIpc) is 3.06. The molecule has 0 fully saturated rings. The summed E-state index contributed by atoms with van der Waals surface area (Å²) in [5.74, 6) is 1.08. The summed E-state index contributed by atoms with van der Waals surface area (Å²) in [6.45, 7) is 4.24. The van der Waals surface area contributed by atoms with Gasteiger partial charge in [-0.1, -0.05) is 31.2 Å². The van der Waals surface area contributed by atoms with Crippen molar-refractivity contribution in [1.82, 2.24) is 14.5 Å². The minimum Gasteiger partial charge on any atom is -0.321 e. The smallest absolute Gasteiger partial charge is 0.296 e. The number of carbonyl (C=O) groups is 1. The number of hydrogen-bond acceptors (Lipinski definition) is 5. The summed E-state index contributed by atoms with van der Waals surface area (Å²) >= 11 is 0. The van der Waals surface area contributed by atoms with Crippen molar-refractivity contribution in [3.8, 4) is 11.3 Å². The van der Waals surface area contributed by atoms with E-state index in [2.05, 4.69) is 11.9 Å². The van der Waals surface area contributed by atoms with Gasteiger partial charge in [-0.25, -0.2) is 4.98 Å². The number of imidazole rings is 1. The normalized spacial score (nSPS) is 14.0. The summed E-state index contributed by atoms with van der Waals surface area (Å²) < 4.78 is 35.4. The summed E-state index contributed by atoms with van der Waals surface area (Å²) in [6, 6.07) is 8.91. The first kappa shape index (κ1) is 21.4. The van der Waals surface area contributed by atoms with Crippen LogP contribution in [-0.4, -0.2) is 33.3 Å². The molecule has 2 heterocycles. The quantitative estimate of drug-likeness (QED) is 0.582. The maximum atomic E-state index is 12.6. The Balaban J connectivity index is 1.70. The van der Waals surface area contributed by atoms with Gasteiger partial charge in [0.15, 0.2) is 5.78 Å². The van der Waals surface area contributed by atoms with Crippen LogP contribution in [0.4, 0.5) is 0 Å². The van der Waals surface area contributed by atoms with Crippen LogP contribution in [0, 0.1) is 6.92 Å². The highest BCUT2D eigenvalue weighted by Gasteiger charge is 2.26. The monoisotopic (exact) mass is 439 g/mol. The van der Waals surface area contributed by atoms with Gasteiger partial charge in [0.1, 0.15) is 16.4 Å². The number of ketones is 1. The van der Waals surface area contributed by atoms with E-state index < -0.39 is 10.1 Å². The molecule has 1 aliphatic carbocycles. The third kappa shape index (κ3) is 4.18. The minimum absolute atomic E-state index is 0.148. The van der Waals surface area contributed by atoms with Gasteiger partial charge >= 0.3 is 0 Å². The van der Waals surface area contributed by atoms with Gasteiger partial charge in [-0.05, 0) is 43.4 Å². The Labute approximate surface area is 181 Å². The predicted molar refractivity (Wildman–Crippen MR) is 117 cm³/mol. The SMILES string of the molecule is CCCc1nc2c(n1Cc1ccc(-c3nccc(C)c3S(=O)(=O)O)cc1)C(=O)CCC2. The van der Waals surface area contributed by atoms with Crippen molar-refractivity contribution in [2.45, 2.75) is 57.4 Å². The minimum atomic E-state index is -4.40. The maximum absolute atomic E-state index is 12.6. The van der Waals surface area contributed by atoms with Crippen LogP contribution in [0.15, 0.2) is 41.4 Å². The van der Waals surface area contributed by atoms with E-state index in [-0.39, 0.29) is 16.4 Å². The fourth-order valence-electron chi connectivity index (χ4n) is 4.19. The lowest BCUT2D eigenvalue weighted by Gasteiger charge is -2.15. The maximum Gasteiger partial charge on any atom is 0.296 e. The third-order valence-corrected chi connectivity index (χ3v) is 6.63. The Kier molecular flexibility index (Phi) is 5.77. The van der Waals surface area contributed by atoms with Crippen LogP contribution >= 0.6 is 0 Å². The van der Waals surface area contributed by atoms with Crippen molar-refractivity contribution in [3.63, 3.8) is 0 Å². The summed E-state index contributed by atoms with van der Waals surface area (Å²) in [7, 11) is -4.40. The van der Waals surface area contributed by atoms with E-state index in [9.17, 15) is 17.8 Å². The lowest BCUT2D eigenvalue weighted by molar-refractivity contribution is 0.0963. The van der Waals surface area contributed by atoms with E-state index in [0.29, 0.717) is 24.1 Å². The zero-order chi connectivity index (χ0) is 22.2. The molecule has 1 aliphatic rings. The molecular weight excluding hydrogens is 414 g/mol. The van der Waals surface area contributed by atoms with Crippen LogP contribution in [0.2, 0.25) is 0 Å². The number of rotatable bonds is 6. The number of nitrogens with zero attached hydrogens (tertiary/aromatic N) is 3. The number of hydrogen-bond donors (Lipinski definition) is 1. The highest BCUT2D eigenvalue weighted by molar-refractivity contribution is 7.86. The second-order valence-corrected chi connectivity index (χ2v) is 9.27. The number of Topliss-reactive ketones (excluding diaryl/α,β-unsaturated/α-hetero) is 1. The molecule has 0 atom stereocenters. The first-order valence-corrected chi connectivity index (χ1v) is 11.9. The van der Waals surface area contributed by atoms with Crippen molar-refractivity contribution in [2.75, 3.05) is 0 Å². The summed E-state index contributed by atoms with van der Waals surface area (Å²) in [6.07, 6.45) is 5.52. The topological polar surface area (TPSA) is 102 Å². The highest BCUT2D eigenvalue weighted by atomic mass is 32.2. The molecule has 31 heavy (non-hydrogen) atoms. The summed E-state index contributed by atoms with van der Waals surface area (Å²) in [5, 5.41) is 0. The van der Waals surface area contributed by atoms with Gasteiger partial charge in [-0.15, -0.1) is 0 Å². The van der Waals surface area contributed by atoms with Crippen LogP contribution in [0.3, 0.4) is 0 Å². The van der Waals surface area contributed by atoms with E-state index >= 15 is 0 Å². The molecule has 2 aromatic heterocycles. The summed E-state index contributed by atoms with van der Waals surface area (Å²) in [4.78, 5) is 21.3. The van der Waals surface area contributed by atoms with Crippen molar-refractivity contribution in [2.24, 2.45) is 0 Å². The van der Waals surface area contributed by atoms with Crippen molar-refractivity contribution in [3.05, 3.63) is 64.9 Å². The zero-order valence-electron chi connectivity index (χ0n) is 17.6. The lowest BCUT2D eigenvalue weighted by Crippen LogP contribution is -2.17. The molecule has 1 N–H and O–H groups in total. The van der Waals surface area contributed by atoms with Gasteiger partial charge in [-0.3, -0.25) is 14.3 Å². The third-order valence-electron chi connectivity index (χ3n) is 5.60. The number of carbonyl (C=O) groups excluding carboxylic acids is 1. The van der Waals surface area contributed by atoms with E-state index in [1.807, 2.05) is 16.7 Å². The van der Waals surface area contributed by atoms with Crippen molar-refractivity contribution >= 4 is 15.9 Å². The van der Waals surface area contributed by atoms with E-state index in [1.54, 1.807) is 25.1 Å². The molecule has 0 radical (unpaired) electrons. The van der Waals surface area contributed by atoms with E-state index in [1.165, 1.54) is 6.20 Å². The molecule has 4 rings (SSSR count). The molecular formula is C23H25N3O4S. The number of aromatic nitrogens is 3. The zero-order valence-corrected chi connectivity index (χ0v) is 18.4. The molecule has 0 saturated carbocycles.